The molecule has 7 nitrogen and oxygen atoms in total. The first kappa shape index (κ1) is 9.84. The van der Waals surface area contributed by atoms with Crippen LogP contribution in [0.3, 0.4) is 0 Å². The molecule has 0 aromatic heterocycles. The predicted molar refractivity (Wildman–Crippen MR) is 50.9 cm³/mol. The number of hydrogen-bond donors (Lipinski definition) is 3. The average molecular weight is 229 g/mol. The molecule has 1 saturated heterocycles. The van der Waals surface area contributed by atoms with E-state index in [1.807, 2.05) is 0 Å². The number of rotatable bonds is 2. The van der Waals surface area contributed by atoms with Gasteiger partial charge in [0, 0.05) is 0 Å². The molecule has 80 valence electrons. The van der Waals surface area contributed by atoms with Crippen LogP contribution in [0.4, 0.5) is 4.79 Å². The topological polar surface area (TPSA) is 117 Å². The van der Waals surface area contributed by atoms with Gasteiger partial charge in [0.15, 0.2) is 0 Å². The molecule has 15 heavy (non-hydrogen) atoms. The van der Waals surface area contributed by atoms with Gasteiger partial charge >= 0.3 is 6.16 Å². The highest BCUT2D eigenvalue weighted by atomic mass is 32.2. The van der Waals surface area contributed by atoms with Gasteiger partial charge in [-0.1, -0.05) is 11.8 Å². The molecule has 0 spiro atoms. The fraction of sp³-hybridized carbons (Fsp3) is 0.286. The second-order valence-corrected chi connectivity index (χ2v) is 4.14. The third kappa shape index (κ3) is 1.42. The molecule has 1 fully saturated rings. The molecule has 8 heteroatoms. The maximum Gasteiger partial charge on any atom is 0.512 e. The van der Waals surface area contributed by atoms with Crippen molar-refractivity contribution in [2.75, 3.05) is 0 Å². The van der Waals surface area contributed by atoms with Crippen molar-refractivity contribution in [3.8, 4) is 0 Å². The van der Waals surface area contributed by atoms with Crippen LogP contribution in [-0.2, 0) is 9.53 Å². The second-order valence-electron chi connectivity index (χ2n) is 2.96. The zero-order valence-electron chi connectivity index (χ0n) is 7.39. The molecule has 1 amide bonds. The molecule has 2 aliphatic heterocycles. The second kappa shape index (κ2) is 3.16. The lowest BCUT2D eigenvalue weighted by atomic mass is 10.2. The van der Waals surface area contributed by atoms with Crippen LogP contribution < -0.4 is 5.73 Å². The number of amidine groups is 1. The fourth-order valence-electron chi connectivity index (χ4n) is 1.38. The monoisotopic (exact) mass is 229 g/mol. The summed E-state index contributed by atoms with van der Waals surface area (Å²) in [6.07, 6.45) is -1.21. The Kier molecular flexibility index (Phi) is 2.07. The lowest BCUT2D eigenvalue weighted by molar-refractivity contribution is -0.141. The Balaban J connectivity index is 2.31. The van der Waals surface area contributed by atoms with E-state index in [1.54, 1.807) is 0 Å². The zero-order valence-corrected chi connectivity index (χ0v) is 8.21. The number of nitrogens with two attached hydrogens (primary N) is 1. The zero-order chi connectivity index (χ0) is 11.2. The van der Waals surface area contributed by atoms with Crippen LogP contribution in [0, 0.1) is 5.41 Å². The highest BCUT2D eigenvalue weighted by Gasteiger charge is 2.48. The van der Waals surface area contributed by atoms with Crippen LogP contribution in [0.2, 0.25) is 0 Å². The molecule has 0 bridgehead atoms. The number of carboxylic acid groups (broad SMARTS) is 1. The number of amides is 1. The van der Waals surface area contributed by atoms with Gasteiger partial charge in [-0.25, -0.2) is 4.79 Å². The molecule has 0 aromatic rings. The summed E-state index contributed by atoms with van der Waals surface area (Å²) < 4.78 is 4.45. The quantitative estimate of drug-likeness (QED) is 0.267. The molecule has 0 aromatic carbocycles. The standard InChI is InChI=1S/C7H7N3O4S/c8-5(9)4-6(14-7(12)13)10-2(11)1-3(10)15-4/h3H,1H2,(H3,8,9)(H,12,13)/t3-/m0/s1. The molecule has 2 heterocycles. The number of hydrogen-bond acceptors (Lipinski definition) is 5. The Morgan fingerprint density at radius 1 is 1.73 bits per heavy atom. The van der Waals surface area contributed by atoms with E-state index in [-0.39, 0.29) is 27.9 Å². The van der Waals surface area contributed by atoms with Gasteiger partial charge < -0.3 is 15.6 Å². The predicted octanol–water partition coefficient (Wildman–Crippen LogP) is 0.0913. The van der Waals surface area contributed by atoms with Gasteiger partial charge in [-0.05, 0) is 0 Å². The van der Waals surface area contributed by atoms with Crippen molar-refractivity contribution in [1.82, 2.24) is 4.90 Å². The summed E-state index contributed by atoms with van der Waals surface area (Å²) in [4.78, 5) is 23.0. The maximum absolute atomic E-state index is 11.2. The van der Waals surface area contributed by atoms with Gasteiger partial charge in [0.05, 0.1) is 11.8 Å². The molecule has 0 radical (unpaired) electrons. The van der Waals surface area contributed by atoms with E-state index in [0.29, 0.717) is 6.42 Å². The summed E-state index contributed by atoms with van der Waals surface area (Å²) in [6.45, 7) is 0. The normalized spacial score (nSPS) is 23.6. The first-order valence-corrected chi connectivity index (χ1v) is 4.87. The van der Waals surface area contributed by atoms with Gasteiger partial charge in [0.25, 0.3) is 0 Å². The lowest BCUT2D eigenvalue weighted by Crippen LogP contribution is -2.47. The number of ether oxygens (including phenoxy) is 1. The summed E-state index contributed by atoms with van der Waals surface area (Å²) in [5, 5.41) is 15.5. The molecule has 4 N–H and O–H groups in total. The molecule has 1 atom stereocenters. The van der Waals surface area contributed by atoms with Gasteiger partial charge in [-0.15, -0.1) is 0 Å². The number of carbonyl (C=O) groups is 2. The third-order valence-corrected chi connectivity index (χ3v) is 3.28. The first-order chi connectivity index (χ1) is 7.00. The lowest BCUT2D eigenvalue weighted by Gasteiger charge is -2.33. The van der Waals surface area contributed by atoms with E-state index in [4.69, 9.17) is 16.2 Å². The van der Waals surface area contributed by atoms with E-state index < -0.39 is 6.16 Å². The average Bonchev–Trinajstić information content (AvgIpc) is 2.36. The summed E-state index contributed by atoms with van der Waals surface area (Å²) in [5.74, 6) is -0.653. The largest absolute Gasteiger partial charge is 0.512 e. The molecular weight excluding hydrogens is 222 g/mol. The van der Waals surface area contributed by atoms with Crippen LogP contribution in [0.5, 0.6) is 0 Å². The van der Waals surface area contributed by atoms with E-state index in [1.165, 1.54) is 16.7 Å². The van der Waals surface area contributed by atoms with Gasteiger partial charge in [0.1, 0.15) is 10.7 Å². The van der Waals surface area contributed by atoms with Gasteiger partial charge in [-0.2, -0.15) is 0 Å². The molecule has 0 unspecified atom stereocenters. The Morgan fingerprint density at radius 2 is 2.40 bits per heavy atom. The Hall–Kier alpha value is -1.70. The van der Waals surface area contributed by atoms with Crippen LogP contribution in [0.25, 0.3) is 0 Å². The first-order valence-electron chi connectivity index (χ1n) is 3.99. The molecule has 2 rings (SSSR count). The number of thioether (sulfide) groups is 1. The Morgan fingerprint density at radius 3 is 2.87 bits per heavy atom. The number of nitrogens with zero attached hydrogens (tertiary/aromatic N) is 1. The Labute approximate surface area is 88.4 Å². The van der Waals surface area contributed by atoms with Crippen molar-refractivity contribution in [2.45, 2.75) is 11.8 Å². The van der Waals surface area contributed by atoms with Crippen molar-refractivity contribution >= 4 is 29.7 Å². The van der Waals surface area contributed by atoms with Gasteiger partial charge in [0.2, 0.25) is 11.8 Å². The van der Waals surface area contributed by atoms with Crippen molar-refractivity contribution in [2.24, 2.45) is 5.73 Å². The smallest absolute Gasteiger partial charge is 0.449 e. The summed E-state index contributed by atoms with van der Waals surface area (Å²) in [5.41, 5.74) is 5.26. The summed E-state index contributed by atoms with van der Waals surface area (Å²) in [6, 6.07) is 0. The van der Waals surface area contributed by atoms with E-state index in [2.05, 4.69) is 4.74 Å². The van der Waals surface area contributed by atoms with E-state index in [0.717, 1.165) is 0 Å². The fourth-order valence-corrected chi connectivity index (χ4v) is 2.56. The van der Waals surface area contributed by atoms with Crippen molar-refractivity contribution in [3.63, 3.8) is 0 Å². The highest BCUT2D eigenvalue weighted by molar-refractivity contribution is 8.04. The minimum absolute atomic E-state index is 0.138. The van der Waals surface area contributed by atoms with Crippen molar-refractivity contribution in [1.29, 1.82) is 5.41 Å². The maximum atomic E-state index is 11.2. The molecule has 2 aliphatic rings. The van der Waals surface area contributed by atoms with Gasteiger partial charge in [-0.3, -0.25) is 15.1 Å². The molecule has 0 aliphatic carbocycles. The third-order valence-electron chi connectivity index (χ3n) is 2.00. The van der Waals surface area contributed by atoms with Crippen LogP contribution in [0.1, 0.15) is 6.42 Å². The van der Waals surface area contributed by atoms with Crippen LogP contribution >= 0.6 is 11.8 Å². The molecular formula is C7H7N3O4S. The SMILES string of the molecule is N=C(N)C1=C(OC(=O)O)N2C(=O)C[C@@H]2S1. The summed E-state index contributed by atoms with van der Waals surface area (Å²) >= 11 is 1.17. The minimum Gasteiger partial charge on any atom is -0.449 e. The summed E-state index contributed by atoms with van der Waals surface area (Å²) in [7, 11) is 0. The number of fused-ring (bicyclic) bond motifs is 1. The van der Waals surface area contributed by atoms with Crippen LogP contribution in [0.15, 0.2) is 10.8 Å². The van der Waals surface area contributed by atoms with Crippen LogP contribution in [-0.4, -0.2) is 33.3 Å². The highest BCUT2D eigenvalue weighted by Crippen LogP contribution is 2.46. The molecule has 0 saturated carbocycles. The number of nitrogens with one attached hydrogen (secondary N) is 1. The van der Waals surface area contributed by atoms with Crippen molar-refractivity contribution in [3.05, 3.63) is 10.8 Å². The van der Waals surface area contributed by atoms with Crippen molar-refractivity contribution < 1.29 is 19.4 Å². The minimum atomic E-state index is -1.52. The Bertz CT molecular complexity index is 405. The van der Waals surface area contributed by atoms with E-state index in [9.17, 15) is 9.59 Å². The number of carbonyl (C=O) groups excluding carboxylic acids is 1. The number of β-lactam (4-membered cyclic amide) rings is 1. The van der Waals surface area contributed by atoms with E-state index >= 15 is 0 Å².